The number of aromatic amines is 1. The van der Waals surface area contributed by atoms with Crippen LogP contribution in [0.2, 0.25) is 0 Å². The molecule has 2 aliphatic rings. The molecular formula is C22H20N4O6S. The molecule has 10 nitrogen and oxygen atoms in total. The van der Waals surface area contributed by atoms with Gasteiger partial charge in [-0.1, -0.05) is 6.07 Å². The number of esters is 1. The SMILES string of the molecule is CCOC(=O)C1CCc2sc3nc(C(=O)NCc4ccc5c(c4)NC(=O)CO5)[nH]c(=O)c3c21. The van der Waals surface area contributed by atoms with Crippen molar-refractivity contribution in [2.75, 3.05) is 18.5 Å². The lowest BCUT2D eigenvalue weighted by Crippen LogP contribution is -2.28. The van der Waals surface area contributed by atoms with Crippen molar-refractivity contribution in [2.45, 2.75) is 32.2 Å². The van der Waals surface area contributed by atoms with Crippen LogP contribution in [0.5, 0.6) is 5.75 Å². The molecule has 5 rings (SSSR count). The lowest BCUT2D eigenvalue weighted by molar-refractivity contribution is -0.144. The molecule has 33 heavy (non-hydrogen) atoms. The Hall–Kier alpha value is -3.73. The summed E-state index contributed by atoms with van der Waals surface area (Å²) in [5.74, 6) is -1.15. The predicted octanol–water partition coefficient (Wildman–Crippen LogP) is 1.84. The number of benzene rings is 1. The topological polar surface area (TPSA) is 139 Å². The zero-order chi connectivity index (χ0) is 23.1. The molecule has 2 amide bonds. The molecule has 3 N–H and O–H groups in total. The molecule has 0 bridgehead atoms. The lowest BCUT2D eigenvalue weighted by atomic mass is 10.0. The lowest BCUT2D eigenvalue weighted by Gasteiger charge is -2.18. The van der Waals surface area contributed by atoms with Gasteiger partial charge in [0, 0.05) is 11.4 Å². The van der Waals surface area contributed by atoms with E-state index in [1.807, 2.05) is 0 Å². The van der Waals surface area contributed by atoms with Gasteiger partial charge in [0.15, 0.2) is 6.61 Å². The molecule has 1 unspecified atom stereocenters. The fraction of sp³-hybridized carbons (Fsp3) is 0.318. The van der Waals surface area contributed by atoms with Gasteiger partial charge < -0.3 is 25.1 Å². The Labute approximate surface area is 191 Å². The Morgan fingerprint density at radius 3 is 3.00 bits per heavy atom. The molecule has 0 radical (unpaired) electrons. The number of thiophene rings is 1. The first-order chi connectivity index (χ1) is 15.9. The number of hydrogen-bond acceptors (Lipinski definition) is 8. The van der Waals surface area contributed by atoms with Crippen LogP contribution in [0.4, 0.5) is 5.69 Å². The van der Waals surface area contributed by atoms with E-state index in [2.05, 4.69) is 20.6 Å². The first-order valence-electron chi connectivity index (χ1n) is 10.5. The smallest absolute Gasteiger partial charge is 0.313 e. The second-order valence-electron chi connectivity index (χ2n) is 7.73. The van der Waals surface area contributed by atoms with Crippen molar-refractivity contribution in [3.05, 3.63) is 50.4 Å². The van der Waals surface area contributed by atoms with Crippen molar-refractivity contribution in [3.8, 4) is 5.75 Å². The molecule has 1 aliphatic heterocycles. The molecule has 170 valence electrons. The molecule has 11 heteroatoms. The van der Waals surface area contributed by atoms with Gasteiger partial charge >= 0.3 is 5.97 Å². The Morgan fingerprint density at radius 1 is 1.33 bits per heavy atom. The monoisotopic (exact) mass is 468 g/mol. The van der Waals surface area contributed by atoms with Crippen LogP contribution >= 0.6 is 11.3 Å². The quantitative estimate of drug-likeness (QED) is 0.486. The van der Waals surface area contributed by atoms with Crippen LogP contribution in [0.25, 0.3) is 10.2 Å². The Bertz CT molecular complexity index is 1360. The maximum absolute atomic E-state index is 12.8. The minimum absolute atomic E-state index is 0.0305. The number of ether oxygens (including phenoxy) is 2. The van der Waals surface area contributed by atoms with Gasteiger partial charge in [-0.3, -0.25) is 19.2 Å². The second kappa shape index (κ2) is 8.32. The summed E-state index contributed by atoms with van der Waals surface area (Å²) in [6.45, 7) is 2.15. The normalized spacial score (nSPS) is 16.5. The summed E-state index contributed by atoms with van der Waals surface area (Å²) in [5, 5.41) is 5.80. The van der Waals surface area contributed by atoms with Gasteiger partial charge in [0.1, 0.15) is 10.6 Å². The number of aryl methyl sites for hydroxylation is 1. The molecule has 3 aromatic rings. The standard InChI is InChI=1S/C22H20N4O6S/c1-2-31-22(30)11-4-6-14-16(11)17-19(28)25-18(26-21(17)33-14)20(29)23-8-10-3-5-13-12(7-10)24-15(27)9-32-13/h3,5,7,11H,2,4,6,8-9H2,1H3,(H,23,29)(H,24,27)(H,25,26,28). The molecule has 1 aromatic carbocycles. The largest absolute Gasteiger partial charge is 0.482 e. The number of nitrogens with zero attached hydrogens (tertiary/aromatic N) is 1. The summed E-state index contributed by atoms with van der Waals surface area (Å²) in [6.07, 6.45) is 1.27. The number of hydrogen-bond donors (Lipinski definition) is 3. The number of amides is 2. The number of H-pyrrole nitrogens is 1. The highest BCUT2D eigenvalue weighted by Crippen LogP contribution is 2.42. The Balaban J connectivity index is 1.36. The van der Waals surface area contributed by atoms with Gasteiger partial charge in [-0.2, -0.15) is 0 Å². The van der Waals surface area contributed by atoms with Crippen LogP contribution in [0, 0.1) is 0 Å². The Kier molecular flexibility index (Phi) is 5.33. The Morgan fingerprint density at radius 2 is 2.18 bits per heavy atom. The summed E-state index contributed by atoms with van der Waals surface area (Å²) in [5.41, 5.74) is 1.50. The van der Waals surface area contributed by atoms with E-state index in [0.717, 1.165) is 10.4 Å². The van der Waals surface area contributed by atoms with E-state index in [9.17, 15) is 19.2 Å². The first kappa shape index (κ1) is 21.1. The highest BCUT2D eigenvalue weighted by molar-refractivity contribution is 7.18. The highest BCUT2D eigenvalue weighted by Gasteiger charge is 2.35. The number of fused-ring (bicyclic) bond motifs is 4. The van der Waals surface area contributed by atoms with E-state index in [0.29, 0.717) is 40.1 Å². The first-order valence-corrected chi connectivity index (χ1v) is 11.3. The van der Waals surface area contributed by atoms with Crippen molar-refractivity contribution in [1.82, 2.24) is 15.3 Å². The molecule has 0 fully saturated rings. The van der Waals surface area contributed by atoms with Crippen molar-refractivity contribution < 1.29 is 23.9 Å². The molecule has 0 saturated carbocycles. The van der Waals surface area contributed by atoms with Crippen LogP contribution < -0.4 is 20.9 Å². The summed E-state index contributed by atoms with van der Waals surface area (Å²) in [4.78, 5) is 57.6. The number of aromatic nitrogens is 2. The fourth-order valence-corrected chi connectivity index (χ4v) is 5.39. The summed E-state index contributed by atoms with van der Waals surface area (Å²) in [7, 11) is 0. The molecule has 3 heterocycles. The van der Waals surface area contributed by atoms with E-state index in [1.165, 1.54) is 11.3 Å². The van der Waals surface area contributed by atoms with Gasteiger partial charge in [-0.25, -0.2) is 4.98 Å². The van der Waals surface area contributed by atoms with Crippen LogP contribution in [-0.4, -0.2) is 41.0 Å². The maximum atomic E-state index is 12.8. The fourth-order valence-electron chi connectivity index (χ4n) is 4.14. The van der Waals surface area contributed by atoms with Crippen molar-refractivity contribution in [2.24, 2.45) is 0 Å². The van der Waals surface area contributed by atoms with Crippen molar-refractivity contribution >= 4 is 45.0 Å². The summed E-state index contributed by atoms with van der Waals surface area (Å²) in [6, 6.07) is 5.20. The van der Waals surface area contributed by atoms with Gasteiger partial charge in [0.05, 0.1) is 23.6 Å². The third-order valence-electron chi connectivity index (χ3n) is 5.60. The molecule has 1 atom stereocenters. The van der Waals surface area contributed by atoms with Gasteiger partial charge in [0.2, 0.25) is 5.82 Å². The summed E-state index contributed by atoms with van der Waals surface area (Å²) < 4.78 is 10.5. The number of anilines is 1. The zero-order valence-corrected chi connectivity index (χ0v) is 18.5. The second-order valence-corrected chi connectivity index (χ2v) is 8.81. The third-order valence-corrected chi connectivity index (χ3v) is 6.76. The molecule has 0 saturated heterocycles. The number of carbonyl (C=O) groups excluding carboxylic acids is 3. The molecule has 2 aromatic heterocycles. The zero-order valence-electron chi connectivity index (χ0n) is 17.6. The molecule has 0 spiro atoms. The number of carbonyl (C=O) groups is 3. The highest BCUT2D eigenvalue weighted by atomic mass is 32.1. The van der Waals surface area contributed by atoms with Crippen LogP contribution in [-0.2, 0) is 27.3 Å². The minimum atomic E-state index is -0.539. The van der Waals surface area contributed by atoms with E-state index < -0.39 is 17.4 Å². The number of rotatable bonds is 5. The minimum Gasteiger partial charge on any atom is -0.482 e. The van der Waals surface area contributed by atoms with Crippen LogP contribution in [0.15, 0.2) is 23.0 Å². The maximum Gasteiger partial charge on any atom is 0.313 e. The van der Waals surface area contributed by atoms with Crippen LogP contribution in [0.3, 0.4) is 0 Å². The van der Waals surface area contributed by atoms with E-state index in [-0.39, 0.29) is 37.5 Å². The average Bonchev–Trinajstić information content (AvgIpc) is 3.36. The molecule has 1 aliphatic carbocycles. The predicted molar refractivity (Wildman–Crippen MR) is 120 cm³/mol. The van der Waals surface area contributed by atoms with E-state index >= 15 is 0 Å². The van der Waals surface area contributed by atoms with E-state index in [1.54, 1.807) is 25.1 Å². The van der Waals surface area contributed by atoms with Gasteiger partial charge in [-0.15, -0.1) is 11.3 Å². The third kappa shape index (κ3) is 3.84. The van der Waals surface area contributed by atoms with Gasteiger partial charge in [-0.05, 0) is 43.0 Å². The van der Waals surface area contributed by atoms with Crippen molar-refractivity contribution in [1.29, 1.82) is 0 Å². The average molecular weight is 468 g/mol. The summed E-state index contributed by atoms with van der Waals surface area (Å²) >= 11 is 1.33. The van der Waals surface area contributed by atoms with Gasteiger partial charge in [0.25, 0.3) is 17.4 Å². The number of nitrogens with one attached hydrogen (secondary N) is 3. The van der Waals surface area contributed by atoms with Crippen molar-refractivity contribution in [3.63, 3.8) is 0 Å². The van der Waals surface area contributed by atoms with Crippen LogP contribution in [0.1, 0.15) is 45.9 Å². The molecular weight excluding hydrogens is 448 g/mol. The van der Waals surface area contributed by atoms with E-state index in [4.69, 9.17) is 9.47 Å².